The number of benzene rings is 1. The number of halogens is 3. The highest BCUT2D eigenvalue weighted by Gasteiger charge is 2.34. The zero-order valence-corrected chi connectivity index (χ0v) is 11.3. The topological polar surface area (TPSA) is 33.5 Å². The fraction of sp³-hybridized carbons (Fsp3) is 0.357. The Morgan fingerprint density at radius 1 is 1.05 bits per heavy atom. The Balaban J connectivity index is 0.000000206. The van der Waals surface area contributed by atoms with Crippen molar-refractivity contribution in [3.05, 3.63) is 46.8 Å². The Morgan fingerprint density at radius 3 is 2.15 bits per heavy atom. The third-order valence-electron chi connectivity index (χ3n) is 2.65. The molecule has 0 aliphatic rings. The normalized spacial score (nSPS) is 11.3. The molecule has 20 heavy (non-hydrogen) atoms. The van der Waals surface area contributed by atoms with E-state index in [2.05, 4.69) is 0 Å². The van der Waals surface area contributed by atoms with Gasteiger partial charge in [-0.05, 0) is 12.1 Å². The van der Waals surface area contributed by atoms with Gasteiger partial charge in [-0.15, -0.1) is 0 Å². The van der Waals surface area contributed by atoms with E-state index >= 15 is 0 Å². The third kappa shape index (κ3) is 4.70. The highest BCUT2D eigenvalue weighted by Crippen LogP contribution is 2.19. The largest absolute Gasteiger partial charge is 0.459 e. The van der Waals surface area contributed by atoms with Crippen LogP contribution in [0.15, 0.2) is 45.6 Å². The number of rotatable bonds is 2. The van der Waals surface area contributed by atoms with Gasteiger partial charge < -0.3 is 4.42 Å². The van der Waals surface area contributed by atoms with Crippen molar-refractivity contribution in [1.29, 1.82) is 0 Å². The van der Waals surface area contributed by atoms with Crippen molar-refractivity contribution in [2.45, 2.75) is 20.1 Å². The van der Waals surface area contributed by atoms with Gasteiger partial charge in [-0.1, -0.05) is 32.0 Å². The van der Waals surface area contributed by atoms with E-state index in [4.69, 9.17) is 4.42 Å². The lowest BCUT2D eigenvalue weighted by Crippen LogP contribution is -2.37. The quantitative estimate of drug-likeness (QED) is 0.624. The fourth-order valence-electron chi connectivity index (χ4n) is 1.59. The van der Waals surface area contributed by atoms with E-state index in [0.717, 1.165) is 5.39 Å². The molecule has 1 aromatic carbocycles. The zero-order chi connectivity index (χ0) is 15.2. The standard InChI is InChI=1S/C9H6O2.C5H10F3N/c10-9-6-5-7-3-1-2-4-8(7)11-9;1-3-9(4-2)5(6,7)8/h1-6H;3-4H2,1-2H3. The van der Waals surface area contributed by atoms with Gasteiger partial charge in [-0.25, -0.2) is 9.69 Å². The van der Waals surface area contributed by atoms with E-state index < -0.39 is 6.30 Å². The number of fused-ring (bicyclic) bond motifs is 1. The molecule has 0 aliphatic carbocycles. The van der Waals surface area contributed by atoms with Crippen LogP contribution in [0.25, 0.3) is 11.0 Å². The summed E-state index contributed by atoms with van der Waals surface area (Å²) in [6.45, 7) is 3.02. The summed E-state index contributed by atoms with van der Waals surface area (Å²) in [4.78, 5) is 11.2. The summed E-state index contributed by atoms with van der Waals surface area (Å²) in [5, 5.41) is 0.951. The molecule has 0 N–H and O–H groups in total. The monoisotopic (exact) mass is 287 g/mol. The summed E-state index contributed by atoms with van der Waals surface area (Å²) in [6, 6.07) is 10.6. The minimum Gasteiger partial charge on any atom is -0.423 e. The average Bonchev–Trinajstić information content (AvgIpc) is 2.39. The van der Waals surface area contributed by atoms with Crippen LogP contribution < -0.4 is 5.63 Å². The molecule has 110 valence electrons. The zero-order valence-electron chi connectivity index (χ0n) is 11.3. The predicted octanol–water partition coefficient (Wildman–Crippen LogP) is 3.64. The summed E-state index contributed by atoms with van der Waals surface area (Å²) in [6.07, 6.45) is -4.15. The predicted molar refractivity (Wildman–Crippen MR) is 71.5 cm³/mol. The van der Waals surface area contributed by atoms with Gasteiger partial charge in [0.25, 0.3) is 0 Å². The van der Waals surface area contributed by atoms with Crippen molar-refractivity contribution in [2.24, 2.45) is 0 Å². The van der Waals surface area contributed by atoms with E-state index in [9.17, 15) is 18.0 Å². The molecular weight excluding hydrogens is 271 g/mol. The summed E-state index contributed by atoms with van der Waals surface area (Å²) in [5.41, 5.74) is 0.337. The smallest absolute Gasteiger partial charge is 0.423 e. The molecule has 0 bridgehead atoms. The lowest BCUT2D eigenvalue weighted by atomic mass is 10.2. The van der Waals surface area contributed by atoms with E-state index in [0.29, 0.717) is 10.5 Å². The Hall–Kier alpha value is -1.82. The average molecular weight is 287 g/mol. The summed E-state index contributed by atoms with van der Waals surface area (Å²) < 4.78 is 39.8. The van der Waals surface area contributed by atoms with Crippen molar-refractivity contribution >= 4 is 11.0 Å². The van der Waals surface area contributed by atoms with E-state index in [1.807, 2.05) is 18.2 Å². The first-order valence-electron chi connectivity index (χ1n) is 6.19. The van der Waals surface area contributed by atoms with Gasteiger partial charge in [0, 0.05) is 24.5 Å². The molecule has 1 aromatic heterocycles. The highest BCUT2D eigenvalue weighted by atomic mass is 19.4. The summed E-state index contributed by atoms with van der Waals surface area (Å²) in [7, 11) is 0. The maximum Gasteiger partial charge on any atom is 0.459 e. The van der Waals surface area contributed by atoms with Crippen LogP contribution in [0.3, 0.4) is 0 Å². The molecule has 3 nitrogen and oxygen atoms in total. The Bertz CT molecular complexity index is 588. The number of nitrogens with zero attached hydrogens (tertiary/aromatic N) is 1. The lowest BCUT2D eigenvalue weighted by Gasteiger charge is -2.20. The number of alkyl halides is 3. The molecule has 0 atom stereocenters. The molecule has 0 radical (unpaired) electrons. The van der Waals surface area contributed by atoms with E-state index in [-0.39, 0.29) is 18.7 Å². The number of hydrogen-bond donors (Lipinski definition) is 0. The van der Waals surface area contributed by atoms with Crippen molar-refractivity contribution in [1.82, 2.24) is 4.90 Å². The lowest BCUT2D eigenvalue weighted by molar-refractivity contribution is -0.242. The summed E-state index contributed by atoms with van der Waals surface area (Å²) in [5.74, 6) is 0. The number of hydrogen-bond acceptors (Lipinski definition) is 3. The van der Waals surface area contributed by atoms with Crippen molar-refractivity contribution in [3.63, 3.8) is 0 Å². The van der Waals surface area contributed by atoms with E-state index in [1.165, 1.54) is 19.9 Å². The van der Waals surface area contributed by atoms with Crippen LogP contribution in [0.5, 0.6) is 0 Å². The Labute approximate surface area is 114 Å². The molecular formula is C14H16F3NO2. The summed E-state index contributed by atoms with van der Waals surface area (Å²) >= 11 is 0. The van der Waals surface area contributed by atoms with Crippen LogP contribution in [0.1, 0.15) is 13.8 Å². The molecule has 0 spiro atoms. The Morgan fingerprint density at radius 2 is 1.65 bits per heavy atom. The maximum absolute atomic E-state index is 11.6. The van der Waals surface area contributed by atoms with Gasteiger partial charge in [-0.2, -0.15) is 13.2 Å². The number of para-hydroxylation sites is 1. The van der Waals surface area contributed by atoms with Crippen LogP contribution in [-0.2, 0) is 0 Å². The molecule has 2 aromatic rings. The molecule has 6 heteroatoms. The fourth-order valence-corrected chi connectivity index (χ4v) is 1.59. The second kappa shape index (κ2) is 7.09. The van der Waals surface area contributed by atoms with Gasteiger partial charge in [0.15, 0.2) is 0 Å². The van der Waals surface area contributed by atoms with Gasteiger partial charge >= 0.3 is 11.9 Å². The second-order valence-corrected chi connectivity index (χ2v) is 3.93. The first-order valence-corrected chi connectivity index (χ1v) is 6.19. The van der Waals surface area contributed by atoms with Crippen molar-refractivity contribution < 1.29 is 17.6 Å². The molecule has 1 heterocycles. The highest BCUT2D eigenvalue weighted by molar-refractivity contribution is 5.75. The molecule has 0 saturated heterocycles. The SMILES string of the molecule is CCN(CC)C(F)(F)F.O=c1ccc2ccccc2o1. The van der Waals surface area contributed by atoms with Gasteiger partial charge in [0.05, 0.1) is 0 Å². The van der Waals surface area contributed by atoms with Gasteiger partial charge in [0.2, 0.25) is 0 Å². The molecule has 0 unspecified atom stereocenters. The second-order valence-electron chi connectivity index (χ2n) is 3.93. The maximum atomic E-state index is 11.6. The van der Waals surface area contributed by atoms with Crippen LogP contribution in [0.4, 0.5) is 13.2 Å². The van der Waals surface area contributed by atoms with Crippen LogP contribution >= 0.6 is 0 Å². The van der Waals surface area contributed by atoms with Crippen molar-refractivity contribution in [3.8, 4) is 0 Å². The van der Waals surface area contributed by atoms with E-state index in [1.54, 1.807) is 12.1 Å². The first-order chi connectivity index (χ1) is 9.38. The van der Waals surface area contributed by atoms with Crippen LogP contribution in [0.2, 0.25) is 0 Å². The van der Waals surface area contributed by atoms with Gasteiger partial charge in [0.1, 0.15) is 5.58 Å². The minimum absolute atomic E-state index is 0.0278. The first kappa shape index (κ1) is 16.2. The molecule has 0 fully saturated rings. The Kier molecular flexibility index (Phi) is 5.76. The van der Waals surface area contributed by atoms with Crippen molar-refractivity contribution in [2.75, 3.05) is 13.1 Å². The van der Waals surface area contributed by atoms with Crippen LogP contribution in [0, 0.1) is 0 Å². The molecule has 0 amide bonds. The minimum atomic E-state index is -4.15. The van der Waals surface area contributed by atoms with Crippen LogP contribution in [-0.4, -0.2) is 24.3 Å². The molecule has 2 rings (SSSR count). The third-order valence-corrected chi connectivity index (χ3v) is 2.65. The molecule has 0 saturated carbocycles. The molecule has 0 aliphatic heterocycles. The van der Waals surface area contributed by atoms with Gasteiger partial charge in [-0.3, -0.25) is 0 Å².